The highest BCUT2D eigenvalue weighted by atomic mass is 35.5. The average Bonchev–Trinajstić information content (AvgIpc) is 3.33. The minimum Gasteiger partial charge on any atom is -0.478 e. The average molecular weight is 427 g/mol. The summed E-state index contributed by atoms with van der Waals surface area (Å²) in [6.45, 7) is 5.29. The third kappa shape index (κ3) is 3.97. The van der Waals surface area contributed by atoms with E-state index in [4.69, 9.17) is 20.9 Å². The Kier molecular flexibility index (Phi) is 5.13. The van der Waals surface area contributed by atoms with Crippen molar-refractivity contribution in [1.82, 2.24) is 30.1 Å². The lowest BCUT2D eigenvalue weighted by atomic mass is 10.1. The van der Waals surface area contributed by atoms with Crippen LogP contribution in [0, 0.1) is 6.92 Å². The summed E-state index contributed by atoms with van der Waals surface area (Å²) in [5, 5.41) is 15.7. The first-order valence-electron chi connectivity index (χ1n) is 9.20. The molecular formula is C20H19ClN6O3. The number of rotatable bonds is 6. The second-order valence-corrected chi connectivity index (χ2v) is 7.56. The van der Waals surface area contributed by atoms with E-state index in [2.05, 4.69) is 25.7 Å². The maximum atomic E-state index is 12.7. The van der Waals surface area contributed by atoms with Crippen molar-refractivity contribution in [3.05, 3.63) is 59.3 Å². The Morgan fingerprint density at radius 3 is 2.70 bits per heavy atom. The predicted octanol–water partition coefficient (Wildman–Crippen LogP) is 3.21. The standard InChI is InChI=1S/C20H19ClN6O3/c1-12-23-18(30-26-12)15-5-4-10-27-16(24-25-17(15)27)11-22-19(28)20(2,3)29-14-8-6-13(21)7-9-14/h4-10H,11H2,1-3H3,(H,22,28). The molecule has 0 aliphatic rings. The number of halogens is 1. The number of nitrogens with zero attached hydrogens (tertiary/aromatic N) is 5. The Morgan fingerprint density at radius 2 is 2.00 bits per heavy atom. The van der Waals surface area contributed by atoms with Crippen LogP contribution < -0.4 is 10.1 Å². The molecular weight excluding hydrogens is 408 g/mol. The van der Waals surface area contributed by atoms with E-state index in [9.17, 15) is 4.79 Å². The zero-order valence-electron chi connectivity index (χ0n) is 16.6. The summed E-state index contributed by atoms with van der Waals surface area (Å²) in [5.74, 6) is 1.70. The Hall–Kier alpha value is -3.46. The van der Waals surface area contributed by atoms with Crippen molar-refractivity contribution < 1.29 is 14.1 Å². The van der Waals surface area contributed by atoms with E-state index in [1.54, 1.807) is 55.6 Å². The quantitative estimate of drug-likeness (QED) is 0.504. The highest BCUT2D eigenvalue weighted by molar-refractivity contribution is 6.30. The molecule has 1 amide bonds. The molecule has 0 atom stereocenters. The summed E-state index contributed by atoms with van der Waals surface area (Å²) in [6, 6.07) is 10.5. The number of fused-ring (bicyclic) bond motifs is 1. The van der Waals surface area contributed by atoms with E-state index in [0.29, 0.717) is 39.5 Å². The van der Waals surface area contributed by atoms with Gasteiger partial charge in [0.25, 0.3) is 11.8 Å². The van der Waals surface area contributed by atoms with Crippen LogP contribution in [-0.2, 0) is 11.3 Å². The van der Waals surface area contributed by atoms with Crippen LogP contribution in [0.15, 0.2) is 47.1 Å². The van der Waals surface area contributed by atoms with Gasteiger partial charge in [0.2, 0.25) is 0 Å². The van der Waals surface area contributed by atoms with Crippen LogP contribution in [0.25, 0.3) is 17.1 Å². The van der Waals surface area contributed by atoms with Crippen molar-refractivity contribution >= 4 is 23.2 Å². The third-order valence-corrected chi connectivity index (χ3v) is 4.66. The molecule has 0 bridgehead atoms. The SMILES string of the molecule is Cc1noc(-c2cccn3c(CNC(=O)C(C)(C)Oc4ccc(Cl)cc4)nnc23)n1. The van der Waals surface area contributed by atoms with Crippen LogP contribution in [0.5, 0.6) is 5.75 Å². The second-order valence-electron chi connectivity index (χ2n) is 7.13. The van der Waals surface area contributed by atoms with Crippen LogP contribution in [0.3, 0.4) is 0 Å². The summed E-state index contributed by atoms with van der Waals surface area (Å²) >= 11 is 5.89. The van der Waals surface area contributed by atoms with E-state index >= 15 is 0 Å². The Bertz CT molecular complexity index is 1200. The molecule has 0 aliphatic carbocycles. The molecule has 3 heterocycles. The number of pyridine rings is 1. The van der Waals surface area contributed by atoms with Crippen molar-refractivity contribution in [2.75, 3.05) is 0 Å². The molecule has 1 N–H and O–H groups in total. The number of aromatic nitrogens is 5. The predicted molar refractivity (Wildman–Crippen MR) is 109 cm³/mol. The Balaban J connectivity index is 1.49. The van der Waals surface area contributed by atoms with Gasteiger partial charge in [0.05, 0.1) is 12.1 Å². The first-order chi connectivity index (χ1) is 14.3. The van der Waals surface area contributed by atoms with Crippen molar-refractivity contribution in [2.24, 2.45) is 0 Å². The van der Waals surface area contributed by atoms with E-state index in [0.717, 1.165) is 0 Å². The first-order valence-corrected chi connectivity index (χ1v) is 9.57. The number of hydrogen-bond acceptors (Lipinski definition) is 7. The normalized spacial score (nSPS) is 11.6. The molecule has 1 aromatic carbocycles. The van der Waals surface area contributed by atoms with Gasteiger partial charge in [0.15, 0.2) is 22.9 Å². The van der Waals surface area contributed by atoms with Crippen LogP contribution >= 0.6 is 11.6 Å². The number of ether oxygens (including phenoxy) is 1. The van der Waals surface area contributed by atoms with Gasteiger partial charge < -0.3 is 14.6 Å². The fraction of sp³-hybridized carbons (Fsp3) is 0.250. The topological polar surface area (TPSA) is 107 Å². The molecule has 4 rings (SSSR count). The molecule has 10 heteroatoms. The third-order valence-electron chi connectivity index (χ3n) is 4.40. The monoisotopic (exact) mass is 426 g/mol. The van der Waals surface area contributed by atoms with Crippen LogP contribution in [0.2, 0.25) is 5.02 Å². The highest BCUT2D eigenvalue weighted by Gasteiger charge is 2.30. The number of hydrogen-bond donors (Lipinski definition) is 1. The molecule has 30 heavy (non-hydrogen) atoms. The smallest absolute Gasteiger partial charge is 0.263 e. The first kappa shape index (κ1) is 19.8. The molecule has 9 nitrogen and oxygen atoms in total. The van der Waals surface area contributed by atoms with Gasteiger partial charge in [-0.1, -0.05) is 16.8 Å². The van der Waals surface area contributed by atoms with Gasteiger partial charge in [0.1, 0.15) is 5.75 Å². The van der Waals surface area contributed by atoms with E-state index < -0.39 is 5.60 Å². The number of amides is 1. The van der Waals surface area contributed by atoms with Gasteiger partial charge in [0, 0.05) is 11.2 Å². The zero-order valence-corrected chi connectivity index (χ0v) is 17.3. The summed E-state index contributed by atoms with van der Waals surface area (Å²) in [6.07, 6.45) is 1.80. The molecule has 154 valence electrons. The van der Waals surface area contributed by atoms with Crippen LogP contribution in [-0.4, -0.2) is 36.2 Å². The minimum atomic E-state index is -1.10. The lowest BCUT2D eigenvalue weighted by Gasteiger charge is -2.25. The molecule has 0 aliphatic heterocycles. The van der Waals surface area contributed by atoms with Crippen molar-refractivity contribution in [1.29, 1.82) is 0 Å². The highest BCUT2D eigenvalue weighted by Crippen LogP contribution is 2.23. The Morgan fingerprint density at radius 1 is 1.23 bits per heavy atom. The molecule has 3 aromatic heterocycles. The molecule has 0 fully saturated rings. The van der Waals surface area contributed by atoms with Crippen molar-refractivity contribution in [3.63, 3.8) is 0 Å². The number of carbonyl (C=O) groups excluding carboxylic acids is 1. The molecule has 0 unspecified atom stereocenters. The van der Waals surface area contributed by atoms with Crippen molar-refractivity contribution in [3.8, 4) is 17.2 Å². The molecule has 0 spiro atoms. The summed E-state index contributed by atoms with van der Waals surface area (Å²) in [5.41, 5.74) is 0.123. The van der Waals surface area contributed by atoms with Gasteiger partial charge in [-0.2, -0.15) is 4.98 Å². The van der Waals surface area contributed by atoms with E-state index in [1.165, 1.54) is 0 Å². The van der Waals surface area contributed by atoms with Gasteiger partial charge in [-0.05, 0) is 57.2 Å². The number of nitrogens with one attached hydrogen (secondary N) is 1. The largest absolute Gasteiger partial charge is 0.478 e. The van der Waals surface area contributed by atoms with E-state index in [-0.39, 0.29) is 12.5 Å². The van der Waals surface area contributed by atoms with Crippen molar-refractivity contribution in [2.45, 2.75) is 32.9 Å². The second kappa shape index (κ2) is 7.75. The maximum absolute atomic E-state index is 12.7. The summed E-state index contributed by atoms with van der Waals surface area (Å²) < 4.78 is 12.8. The van der Waals surface area contributed by atoms with Gasteiger partial charge in [-0.25, -0.2) is 0 Å². The van der Waals surface area contributed by atoms with Gasteiger partial charge in [-0.15, -0.1) is 10.2 Å². The van der Waals surface area contributed by atoms with Gasteiger partial charge >= 0.3 is 0 Å². The van der Waals surface area contributed by atoms with Gasteiger partial charge in [-0.3, -0.25) is 9.20 Å². The number of aryl methyl sites for hydroxylation is 1. The van der Waals surface area contributed by atoms with Crippen LogP contribution in [0.1, 0.15) is 25.5 Å². The number of carbonyl (C=O) groups is 1. The lowest BCUT2D eigenvalue weighted by molar-refractivity contribution is -0.134. The fourth-order valence-corrected chi connectivity index (χ4v) is 3.00. The molecule has 0 saturated heterocycles. The summed E-state index contributed by atoms with van der Waals surface area (Å²) in [7, 11) is 0. The van der Waals surface area contributed by atoms with Crippen LogP contribution in [0.4, 0.5) is 0 Å². The summed E-state index contributed by atoms with van der Waals surface area (Å²) in [4.78, 5) is 16.9. The molecule has 0 saturated carbocycles. The van der Waals surface area contributed by atoms with E-state index in [1.807, 2.05) is 12.1 Å². The lowest BCUT2D eigenvalue weighted by Crippen LogP contribution is -2.46. The molecule has 0 radical (unpaired) electrons. The number of benzene rings is 1. The Labute approximate surface area is 177 Å². The molecule has 4 aromatic rings. The maximum Gasteiger partial charge on any atom is 0.263 e. The zero-order chi connectivity index (χ0) is 21.3. The minimum absolute atomic E-state index is 0.166. The fourth-order valence-electron chi connectivity index (χ4n) is 2.87.